The van der Waals surface area contributed by atoms with Gasteiger partial charge in [-0.3, -0.25) is 4.79 Å². The molecule has 0 fully saturated rings. The molecule has 2 aromatic carbocycles. The zero-order valence-corrected chi connectivity index (χ0v) is 23.2. The number of fused-ring (bicyclic) bond motifs is 2. The van der Waals surface area contributed by atoms with E-state index in [1.54, 1.807) is 12.3 Å². The number of hydrazone groups is 1. The molecule has 2 heterocycles. The standard InChI is InChI=1S/C26H27BrIN3O2/c1-6-7-31-22-8-15(2)18(10-20(22)16(3)13-26(31,4)5)14-29-30-25(32)23-11-17-9-19(27)12-21(28)24(17)33-23/h8-14H,6-7H2,1-5H3,(H,30,32)/b29-14-. The highest BCUT2D eigenvalue weighted by molar-refractivity contribution is 14.1. The number of hydrogen-bond acceptors (Lipinski definition) is 4. The fourth-order valence-corrected chi connectivity index (χ4v) is 6.08. The number of halogens is 2. The van der Waals surface area contributed by atoms with Crippen molar-refractivity contribution in [3.8, 4) is 0 Å². The van der Waals surface area contributed by atoms with Gasteiger partial charge in [0.2, 0.25) is 0 Å². The van der Waals surface area contributed by atoms with Crippen LogP contribution in [0.3, 0.4) is 0 Å². The average molecular weight is 620 g/mol. The van der Waals surface area contributed by atoms with Gasteiger partial charge in [0, 0.05) is 27.7 Å². The molecule has 0 unspecified atom stereocenters. The summed E-state index contributed by atoms with van der Waals surface area (Å²) in [5.74, 6) is -0.145. The normalized spacial score (nSPS) is 15.1. The van der Waals surface area contributed by atoms with Gasteiger partial charge in [-0.05, 0) is 104 Å². The van der Waals surface area contributed by atoms with E-state index in [-0.39, 0.29) is 17.2 Å². The Morgan fingerprint density at radius 2 is 2.00 bits per heavy atom. The van der Waals surface area contributed by atoms with Crippen LogP contribution >= 0.6 is 38.5 Å². The number of aryl methyl sites for hydroxylation is 1. The number of amides is 1. The summed E-state index contributed by atoms with van der Waals surface area (Å²) in [5.41, 5.74) is 9.07. The number of rotatable bonds is 5. The summed E-state index contributed by atoms with van der Waals surface area (Å²) in [6, 6.07) is 9.99. The summed E-state index contributed by atoms with van der Waals surface area (Å²) in [5, 5.41) is 5.09. The fourth-order valence-electron chi connectivity index (χ4n) is 4.42. The van der Waals surface area contributed by atoms with E-state index < -0.39 is 0 Å². The lowest BCUT2D eigenvalue weighted by Crippen LogP contribution is -2.45. The molecule has 3 aromatic rings. The minimum Gasteiger partial charge on any atom is -0.450 e. The number of hydrogen-bond donors (Lipinski definition) is 1. The van der Waals surface area contributed by atoms with Crippen LogP contribution in [0.5, 0.6) is 0 Å². The molecular formula is C26H27BrIN3O2. The first-order valence-electron chi connectivity index (χ1n) is 10.9. The van der Waals surface area contributed by atoms with Gasteiger partial charge in [-0.2, -0.15) is 5.10 Å². The van der Waals surface area contributed by atoms with Gasteiger partial charge in [-0.1, -0.05) is 28.9 Å². The van der Waals surface area contributed by atoms with E-state index in [0.717, 1.165) is 37.5 Å². The monoisotopic (exact) mass is 619 g/mol. The van der Waals surface area contributed by atoms with Crippen molar-refractivity contribution in [3.63, 3.8) is 0 Å². The summed E-state index contributed by atoms with van der Waals surface area (Å²) < 4.78 is 7.64. The predicted octanol–water partition coefficient (Wildman–Crippen LogP) is 7.28. The number of benzene rings is 2. The van der Waals surface area contributed by atoms with Crippen molar-refractivity contribution in [1.82, 2.24) is 5.43 Å². The first kappa shape index (κ1) is 24.0. The Labute approximate surface area is 216 Å². The third kappa shape index (κ3) is 4.75. The minimum absolute atomic E-state index is 0.0247. The van der Waals surface area contributed by atoms with Crippen LogP contribution in [0.25, 0.3) is 16.5 Å². The summed E-state index contributed by atoms with van der Waals surface area (Å²) in [4.78, 5) is 15.1. The number of carbonyl (C=O) groups is 1. The Hall–Kier alpha value is -2.13. The lowest BCUT2D eigenvalue weighted by atomic mass is 9.87. The Bertz CT molecular complexity index is 1310. The molecule has 172 valence electrons. The zero-order valence-electron chi connectivity index (χ0n) is 19.4. The highest BCUT2D eigenvalue weighted by atomic mass is 127. The highest BCUT2D eigenvalue weighted by Crippen LogP contribution is 2.40. The Balaban J connectivity index is 1.57. The van der Waals surface area contributed by atoms with E-state index in [4.69, 9.17) is 4.42 Å². The molecule has 1 aliphatic heterocycles. The summed E-state index contributed by atoms with van der Waals surface area (Å²) >= 11 is 5.67. The van der Waals surface area contributed by atoms with Crippen LogP contribution in [0, 0.1) is 10.5 Å². The number of anilines is 1. The van der Waals surface area contributed by atoms with Crippen molar-refractivity contribution in [1.29, 1.82) is 0 Å². The van der Waals surface area contributed by atoms with Crippen molar-refractivity contribution in [3.05, 3.63) is 66.9 Å². The zero-order chi connectivity index (χ0) is 23.9. The molecule has 0 saturated heterocycles. The van der Waals surface area contributed by atoms with Crippen molar-refractivity contribution in [2.24, 2.45) is 5.10 Å². The molecular weight excluding hydrogens is 593 g/mol. The molecule has 0 atom stereocenters. The SMILES string of the molecule is CCCN1c2cc(C)c(/C=N\NC(=O)c3cc4cc(Br)cc(I)c4o3)cc2C(C)=CC1(C)C. The molecule has 0 radical (unpaired) electrons. The fraction of sp³-hybridized carbons (Fsp3) is 0.308. The first-order chi connectivity index (χ1) is 15.6. The van der Waals surface area contributed by atoms with Crippen LogP contribution in [0.4, 0.5) is 5.69 Å². The molecule has 1 aromatic heterocycles. The van der Waals surface area contributed by atoms with Crippen molar-refractivity contribution in [2.45, 2.75) is 46.6 Å². The van der Waals surface area contributed by atoms with Crippen molar-refractivity contribution < 1.29 is 9.21 Å². The number of furan rings is 1. The summed E-state index contributed by atoms with van der Waals surface area (Å²) in [7, 11) is 0. The lowest BCUT2D eigenvalue weighted by Gasteiger charge is -2.43. The van der Waals surface area contributed by atoms with Gasteiger partial charge in [-0.25, -0.2) is 5.43 Å². The van der Waals surface area contributed by atoms with E-state index in [2.05, 4.69) is 107 Å². The third-order valence-corrected chi connectivity index (χ3v) is 7.20. The molecule has 1 aliphatic rings. The summed E-state index contributed by atoms with van der Waals surface area (Å²) in [6.07, 6.45) is 5.11. The second-order valence-electron chi connectivity index (χ2n) is 8.97. The van der Waals surface area contributed by atoms with E-state index in [0.29, 0.717) is 5.58 Å². The molecule has 1 amide bonds. The maximum atomic E-state index is 12.6. The lowest BCUT2D eigenvalue weighted by molar-refractivity contribution is 0.0929. The van der Waals surface area contributed by atoms with Crippen LogP contribution in [0.15, 0.2) is 50.4 Å². The van der Waals surface area contributed by atoms with E-state index in [9.17, 15) is 4.79 Å². The largest absolute Gasteiger partial charge is 0.450 e. The van der Waals surface area contributed by atoms with Gasteiger partial charge in [-0.15, -0.1) is 0 Å². The molecule has 4 rings (SSSR count). The number of carbonyl (C=O) groups excluding carboxylic acids is 1. The molecule has 7 heteroatoms. The molecule has 0 bridgehead atoms. The Morgan fingerprint density at radius 1 is 1.24 bits per heavy atom. The van der Waals surface area contributed by atoms with Gasteiger partial charge in [0.15, 0.2) is 5.76 Å². The molecule has 5 nitrogen and oxygen atoms in total. The average Bonchev–Trinajstić information content (AvgIpc) is 3.16. The Morgan fingerprint density at radius 3 is 2.73 bits per heavy atom. The van der Waals surface area contributed by atoms with Gasteiger partial charge >= 0.3 is 5.91 Å². The van der Waals surface area contributed by atoms with Crippen LogP contribution in [0.2, 0.25) is 0 Å². The van der Waals surface area contributed by atoms with Crippen LogP contribution < -0.4 is 10.3 Å². The van der Waals surface area contributed by atoms with Crippen LogP contribution in [-0.2, 0) is 0 Å². The smallest absolute Gasteiger partial charge is 0.307 e. The first-order valence-corrected chi connectivity index (χ1v) is 12.8. The molecule has 0 spiro atoms. The van der Waals surface area contributed by atoms with Gasteiger partial charge in [0.05, 0.1) is 15.3 Å². The van der Waals surface area contributed by atoms with E-state index in [1.165, 1.54) is 16.8 Å². The number of nitrogens with zero attached hydrogens (tertiary/aromatic N) is 2. The third-order valence-electron chi connectivity index (χ3n) is 5.94. The maximum absolute atomic E-state index is 12.6. The maximum Gasteiger partial charge on any atom is 0.307 e. The van der Waals surface area contributed by atoms with E-state index >= 15 is 0 Å². The predicted molar refractivity (Wildman–Crippen MR) is 148 cm³/mol. The van der Waals surface area contributed by atoms with Crippen LogP contribution in [-0.4, -0.2) is 24.2 Å². The molecule has 1 N–H and O–H groups in total. The quantitative estimate of drug-likeness (QED) is 0.185. The Kier molecular flexibility index (Phi) is 6.73. The van der Waals surface area contributed by atoms with Gasteiger partial charge in [0.1, 0.15) is 5.58 Å². The van der Waals surface area contributed by atoms with Crippen molar-refractivity contribution >= 4 is 72.9 Å². The number of allylic oxidation sites excluding steroid dienone is 1. The van der Waals surface area contributed by atoms with Gasteiger partial charge < -0.3 is 9.32 Å². The molecule has 0 saturated carbocycles. The topological polar surface area (TPSA) is 57.8 Å². The second-order valence-corrected chi connectivity index (χ2v) is 11.1. The van der Waals surface area contributed by atoms with Crippen LogP contribution in [0.1, 0.15) is 61.4 Å². The number of nitrogens with one attached hydrogen (secondary N) is 1. The minimum atomic E-state index is -0.378. The molecule has 33 heavy (non-hydrogen) atoms. The summed E-state index contributed by atoms with van der Waals surface area (Å²) in [6.45, 7) is 12.0. The highest BCUT2D eigenvalue weighted by Gasteiger charge is 2.31. The van der Waals surface area contributed by atoms with E-state index in [1.807, 2.05) is 12.1 Å². The van der Waals surface area contributed by atoms with Gasteiger partial charge in [0.25, 0.3) is 0 Å². The molecule has 0 aliphatic carbocycles. The second kappa shape index (κ2) is 9.25. The van der Waals surface area contributed by atoms with Crippen molar-refractivity contribution in [2.75, 3.05) is 11.4 Å².